The first-order valence-corrected chi connectivity index (χ1v) is 10.6. The maximum atomic E-state index is 15.0. The molecular weight excluding hydrogens is 450 g/mol. The van der Waals surface area contributed by atoms with E-state index in [1.54, 1.807) is 23.8 Å². The van der Waals surface area contributed by atoms with Crippen molar-refractivity contribution in [3.05, 3.63) is 77.4 Å². The number of aliphatic imine (C=N–C) groups is 1. The second kappa shape index (κ2) is 8.24. The Morgan fingerprint density at radius 2 is 1.77 bits per heavy atom. The van der Waals surface area contributed by atoms with Crippen LogP contribution in [-0.2, 0) is 0 Å². The molecule has 10 heteroatoms. The zero-order chi connectivity index (χ0) is 24.9. The number of nitrogen functional groups attached to an aromatic ring is 1. The Kier molecular flexibility index (Phi) is 5.20. The Hall–Kier alpha value is -4.73. The summed E-state index contributed by atoms with van der Waals surface area (Å²) in [6.45, 7) is 3.61. The van der Waals surface area contributed by atoms with E-state index >= 15 is 0 Å². The number of hydrogen-bond acceptors (Lipinski definition) is 5. The summed E-state index contributed by atoms with van der Waals surface area (Å²) in [6.07, 6.45) is 3.88. The van der Waals surface area contributed by atoms with Crippen molar-refractivity contribution < 1.29 is 8.78 Å². The topological polar surface area (TPSA) is 132 Å². The number of rotatable bonds is 4. The minimum atomic E-state index is -0.628. The molecule has 0 fully saturated rings. The fourth-order valence-corrected chi connectivity index (χ4v) is 4.31. The lowest BCUT2D eigenvalue weighted by molar-refractivity contribution is 0.615. The van der Waals surface area contributed by atoms with Gasteiger partial charge in [0.05, 0.1) is 16.6 Å². The molecule has 35 heavy (non-hydrogen) atoms. The number of fused-ring (bicyclic) bond motifs is 2. The van der Waals surface area contributed by atoms with Crippen LogP contribution in [-0.4, -0.2) is 31.7 Å². The normalized spacial score (nSPS) is 11.9. The summed E-state index contributed by atoms with van der Waals surface area (Å²) >= 11 is 0. The molecule has 0 radical (unpaired) electrons. The molecule has 0 atom stereocenters. The van der Waals surface area contributed by atoms with Crippen molar-refractivity contribution >= 4 is 39.9 Å². The first-order valence-electron chi connectivity index (χ1n) is 10.6. The van der Waals surface area contributed by atoms with Crippen LogP contribution >= 0.6 is 0 Å². The van der Waals surface area contributed by atoms with Crippen LogP contribution in [0.3, 0.4) is 0 Å². The van der Waals surface area contributed by atoms with E-state index in [0.29, 0.717) is 33.9 Å². The maximum Gasteiger partial charge on any atom is 0.149 e. The Balaban J connectivity index is 1.93. The number of nitrogens with one attached hydrogen (secondary N) is 1. The lowest BCUT2D eigenvalue weighted by Gasteiger charge is -2.14. The second-order valence-corrected chi connectivity index (χ2v) is 7.98. The minimum Gasteiger partial charge on any atom is -0.383 e. The number of nitrogens with two attached hydrogens (primary N) is 2. The number of imidazole rings is 1. The molecule has 3 aromatic heterocycles. The highest BCUT2D eigenvalue weighted by Crippen LogP contribution is 2.35. The first kappa shape index (κ1) is 22.1. The predicted octanol–water partition coefficient (Wildman–Crippen LogP) is 4.43. The summed E-state index contributed by atoms with van der Waals surface area (Å²) in [7, 11) is 0. The van der Waals surface area contributed by atoms with Crippen LogP contribution in [0.15, 0.2) is 53.8 Å². The molecule has 2 aromatic carbocycles. The minimum absolute atomic E-state index is 0.0346. The van der Waals surface area contributed by atoms with Crippen LogP contribution in [0, 0.1) is 30.9 Å². The Labute approximate surface area is 198 Å². The van der Waals surface area contributed by atoms with Gasteiger partial charge in [-0.15, -0.1) is 0 Å². The van der Waals surface area contributed by atoms with Crippen LogP contribution < -0.4 is 11.5 Å². The monoisotopic (exact) mass is 470 g/mol. The Morgan fingerprint density at radius 1 is 1.03 bits per heavy atom. The summed E-state index contributed by atoms with van der Waals surface area (Å²) < 4.78 is 31.2. The van der Waals surface area contributed by atoms with E-state index in [1.165, 1.54) is 6.20 Å². The summed E-state index contributed by atoms with van der Waals surface area (Å²) in [5.74, 6) is -0.245. The average Bonchev–Trinajstić information content (AvgIpc) is 3.17. The molecule has 0 saturated carbocycles. The van der Waals surface area contributed by atoms with Gasteiger partial charge in [-0.2, -0.15) is 0 Å². The van der Waals surface area contributed by atoms with Gasteiger partial charge in [0.15, 0.2) is 0 Å². The standard InChI is InChI=1S/C25H20F2N8/c1-12-15(5-7-32-24(12)29)14-9-16(25(30)33-11-28)22-20(10-14)35(13(2)34-22)19-6-8-31-23-18(27)4-3-17(26)21(19)23/h3-11H,1-2H3,(H2,29,32)(H3,28,30,33). The van der Waals surface area contributed by atoms with Crippen molar-refractivity contribution in [2.24, 2.45) is 10.7 Å². The van der Waals surface area contributed by atoms with Crippen LogP contribution in [0.4, 0.5) is 14.6 Å². The molecule has 174 valence electrons. The van der Waals surface area contributed by atoms with Gasteiger partial charge in [0.1, 0.15) is 46.5 Å². The average molecular weight is 470 g/mol. The lowest BCUT2D eigenvalue weighted by atomic mass is 9.98. The largest absolute Gasteiger partial charge is 0.383 e. The quantitative estimate of drug-likeness (QED) is 0.264. The van der Waals surface area contributed by atoms with Gasteiger partial charge in [-0.25, -0.2) is 23.7 Å². The van der Waals surface area contributed by atoms with Gasteiger partial charge in [-0.05, 0) is 66.9 Å². The summed E-state index contributed by atoms with van der Waals surface area (Å²) in [5.41, 5.74) is 16.4. The number of halogens is 2. The van der Waals surface area contributed by atoms with E-state index in [4.69, 9.17) is 16.9 Å². The van der Waals surface area contributed by atoms with Gasteiger partial charge < -0.3 is 11.5 Å². The van der Waals surface area contributed by atoms with Gasteiger partial charge in [0, 0.05) is 18.0 Å². The summed E-state index contributed by atoms with van der Waals surface area (Å²) in [5, 5.41) is 7.39. The van der Waals surface area contributed by atoms with Gasteiger partial charge in [-0.1, -0.05) is 0 Å². The summed E-state index contributed by atoms with van der Waals surface area (Å²) in [6, 6.07) is 9.25. The zero-order valence-electron chi connectivity index (χ0n) is 18.8. The zero-order valence-corrected chi connectivity index (χ0v) is 18.8. The molecule has 0 amide bonds. The molecule has 0 bridgehead atoms. The smallest absolute Gasteiger partial charge is 0.149 e. The van der Waals surface area contributed by atoms with Crippen molar-refractivity contribution in [3.63, 3.8) is 0 Å². The third kappa shape index (κ3) is 3.46. The number of anilines is 1. The van der Waals surface area contributed by atoms with E-state index in [2.05, 4.69) is 19.9 Å². The molecular formula is C25H20F2N8. The maximum absolute atomic E-state index is 15.0. The number of pyridine rings is 2. The predicted molar refractivity (Wildman–Crippen MR) is 133 cm³/mol. The van der Waals surface area contributed by atoms with E-state index in [9.17, 15) is 8.78 Å². The molecule has 5 aromatic rings. The van der Waals surface area contributed by atoms with Crippen LogP contribution in [0.1, 0.15) is 17.0 Å². The molecule has 0 saturated heterocycles. The number of aromatic nitrogens is 4. The van der Waals surface area contributed by atoms with Crippen LogP contribution in [0.5, 0.6) is 0 Å². The van der Waals surface area contributed by atoms with Gasteiger partial charge >= 0.3 is 0 Å². The molecule has 5 N–H and O–H groups in total. The van der Waals surface area contributed by atoms with E-state index in [-0.39, 0.29) is 16.7 Å². The molecule has 0 spiro atoms. The van der Waals surface area contributed by atoms with Crippen molar-refractivity contribution in [1.29, 1.82) is 5.41 Å². The van der Waals surface area contributed by atoms with E-state index in [1.807, 2.05) is 25.1 Å². The van der Waals surface area contributed by atoms with E-state index < -0.39 is 11.6 Å². The molecule has 0 aliphatic heterocycles. The number of aryl methyl sites for hydroxylation is 1. The SMILES string of the molecule is Cc1c(-c2cc(C(N)=NC=N)c3nc(C)n(-c4ccnc5c(F)ccc(F)c45)c3c2)ccnc1N. The first-order chi connectivity index (χ1) is 16.8. The van der Waals surface area contributed by atoms with Gasteiger partial charge in [0.2, 0.25) is 0 Å². The van der Waals surface area contributed by atoms with Gasteiger partial charge in [-0.3, -0.25) is 15.0 Å². The van der Waals surface area contributed by atoms with E-state index in [0.717, 1.165) is 35.2 Å². The van der Waals surface area contributed by atoms with Crippen molar-refractivity contribution in [1.82, 2.24) is 19.5 Å². The van der Waals surface area contributed by atoms with Crippen molar-refractivity contribution in [2.75, 3.05) is 5.73 Å². The Morgan fingerprint density at radius 3 is 2.54 bits per heavy atom. The molecule has 8 nitrogen and oxygen atoms in total. The highest BCUT2D eigenvalue weighted by atomic mass is 19.1. The summed E-state index contributed by atoms with van der Waals surface area (Å²) in [4.78, 5) is 16.8. The fourth-order valence-electron chi connectivity index (χ4n) is 4.31. The van der Waals surface area contributed by atoms with Gasteiger partial charge in [0.25, 0.3) is 0 Å². The molecule has 3 heterocycles. The number of amidine groups is 1. The third-order valence-electron chi connectivity index (χ3n) is 5.97. The number of hydrogen-bond donors (Lipinski definition) is 3. The third-order valence-corrected chi connectivity index (χ3v) is 5.97. The van der Waals surface area contributed by atoms with Crippen LogP contribution in [0.25, 0.3) is 38.8 Å². The number of benzene rings is 2. The van der Waals surface area contributed by atoms with Crippen molar-refractivity contribution in [3.8, 4) is 16.8 Å². The highest BCUT2D eigenvalue weighted by molar-refractivity contribution is 6.11. The molecule has 5 rings (SSSR count). The number of nitrogens with zero attached hydrogens (tertiary/aromatic N) is 5. The Bertz CT molecular complexity index is 1690. The van der Waals surface area contributed by atoms with Crippen LogP contribution in [0.2, 0.25) is 0 Å². The molecule has 0 aliphatic rings. The highest BCUT2D eigenvalue weighted by Gasteiger charge is 2.21. The molecule has 0 aliphatic carbocycles. The second-order valence-electron chi connectivity index (χ2n) is 7.98. The molecule has 0 unspecified atom stereocenters. The fraction of sp³-hybridized carbons (Fsp3) is 0.0800. The van der Waals surface area contributed by atoms with Crippen molar-refractivity contribution in [2.45, 2.75) is 13.8 Å². The lowest BCUT2D eigenvalue weighted by Crippen LogP contribution is -2.14.